The van der Waals surface area contributed by atoms with E-state index in [0.717, 1.165) is 0 Å². The smallest absolute Gasteiger partial charge is 0.335 e. The molecule has 0 saturated carbocycles. The number of rotatable bonds is 7. The van der Waals surface area contributed by atoms with Gasteiger partial charge in [0.15, 0.2) is 14.1 Å². The first-order chi connectivity index (χ1) is 12.6. The molecule has 0 amide bonds. The Kier molecular flexibility index (Phi) is 7.00. The van der Waals surface area contributed by atoms with Gasteiger partial charge in [0.2, 0.25) is 5.79 Å². The highest BCUT2D eigenvalue weighted by Crippen LogP contribution is 2.53. The van der Waals surface area contributed by atoms with Crippen molar-refractivity contribution in [1.29, 1.82) is 0 Å². The van der Waals surface area contributed by atoms with E-state index in [4.69, 9.17) is 27.7 Å². The monoisotopic (exact) mass is 440 g/mol. The first-order valence-electron chi connectivity index (χ1n) is 9.67. The highest BCUT2D eigenvalue weighted by molar-refractivity contribution is 7.53. The third-order valence-electron chi connectivity index (χ3n) is 5.97. The summed E-state index contributed by atoms with van der Waals surface area (Å²) in [5.41, 5.74) is 0. The van der Waals surface area contributed by atoms with Gasteiger partial charge in [0.1, 0.15) is 18.4 Å². The van der Waals surface area contributed by atoms with Crippen molar-refractivity contribution in [2.45, 2.75) is 89.1 Å². The van der Waals surface area contributed by atoms with E-state index in [-0.39, 0.29) is 17.3 Å². The lowest BCUT2D eigenvalue weighted by Gasteiger charge is -2.41. The minimum atomic E-state index is -3.53. The molecule has 0 aromatic carbocycles. The van der Waals surface area contributed by atoms with Crippen molar-refractivity contribution in [2.24, 2.45) is 0 Å². The van der Waals surface area contributed by atoms with Gasteiger partial charge in [-0.2, -0.15) is 0 Å². The third kappa shape index (κ3) is 5.25. The number of hydrogen-bond acceptors (Lipinski definition) is 8. The van der Waals surface area contributed by atoms with Gasteiger partial charge in [-0.25, -0.2) is 0 Å². The summed E-state index contributed by atoms with van der Waals surface area (Å²) in [7, 11) is -3.19. The maximum atomic E-state index is 12.8. The van der Waals surface area contributed by atoms with Gasteiger partial charge in [0, 0.05) is 20.6 Å². The van der Waals surface area contributed by atoms with Crippen LogP contribution in [0.4, 0.5) is 0 Å². The van der Waals surface area contributed by atoms with Gasteiger partial charge in [0.25, 0.3) is 0 Å². The molecule has 2 saturated heterocycles. The Morgan fingerprint density at radius 3 is 2.14 bits per heavy atom. The van der Waals surface area contributed by atoms with Crippen LogP contribution in [0.5, 0.6) is 0 Å². The lowest BCUT2D eigenvalue weighted by Crippen LogP contribution is -2.52. The van der Waals surface area contributed by atoms with Gasteiger partial charge in [-0.05, 0) is 32.0 Å². The molecule has 0 bridgehead atoms. The molecule has 2 heterocycles. The fourth-order valence-electron chi connectivity index (χ4n) is 3.20. The maximum Gasteiger partial charge on any atom is 0.335 e. The van der Waals surface area contributed by atoms with Gasteiger partial charge >= 0.3 is 7.60 Å². The summed E-state index contributed by atoms with van der Waals surface area (Å²) in [6, 6.07) is 0. The lowest BCUT2D eigenvalue weighted by molar-refractivity contribution is -0.227. The van der Waals surface area contributed by atoms with Crippen LogP contribution >= 0.6 is 7.60 Å². The predicted octanol–water partition coefficient (Wildman–Crippen LogP) is 3.49. The van der Waals surface area contributed by atoms with Crippen LogP contribution in [0, 0.1) is 0 Å². The van der Waals surface area contributed by atoms with Crippen LogP contribution < -0.4 is 0 Å². The van der Waals surface area contributed by atoms with Crippen LogP contribution in [-0.2, 0) is 32.2 Å². The largest absolute Gasteiger partial charge is 0.408 e. The summed E-state index contributed by atoms with van der Waals surface area (Å²) < 4.78 is 46.9. The van der Waals surface area contributed by atoms with Gasteiger partial charge in [0.05, 0.1) is 12.7 Å². The van der Waals surface area contributed by atoms with Gasteiger partial charge in [-0.3, -0.25) is 4.57 Å². The van der Waals surface area contributed by atoms with Crippen LogP contribution in [-0.4, -0.2) is 70.3 Å². The molecule has 10 heteroatoms. The molecule has 2 aliphatic heterocycles. The second-order valence-electron chi connectivity index (χ2n) is 9.60. The summed E-state index contributed by atoms with van der Waals surface area (Å²) in [4.78, 5) is 0. The molecule has 2 rings (SSSR count). The normalized spacial score (nSPS) is 34.1. The molecule has 1 unspecified atom stereocenters. The molecular weight excluding hydrogens is 403 g/mol. The molecule has 8 nitrogen and oxygen atoms in total. The van der Waals surface area contributed by atoms with Crippen LogP contribution in [0.2, 0.25) is 18.1 Å². The molecular formula is C18H37O8PSi. The maximum absolute atomic E-state index is 12.8. The van der Waals surface area contributed by atoms with Crippen molar-refractivity contribution in [3.05, 3.63) is 0 Å². The number of ether oxygens (including phenoxy) is 3. The zero-order chi connectivity index (χ0) is 21.6. The summed E-state index contributed by atoms with van der Waals surface area (Å²) >= 11 is 0. The standard InChI is InChI=1S/C18H37O8PSi/c1-16(2,3)28(8,9)26-15-10-13(14-11-23-17(4,5)24-14)25-18(15,19)12-27(20,21-6)22-7/h13-15,19H,10-12H2,1-9H3/t13-,14-,15-,18?/m1/s1. The van der Waals surface area contributed by atoms with E-state index in [0.29, 0.717) is 13.0 Å². The number of hydrogen-bond donors (Lipinski definition) is 1. The predicted molar refractivity (Wildman–Crippen MR) is 108 cm³/mol. The average Bonchev–Trinajstić information content (AvgIpc) is 3.06. The van der Waals surface area contributed by atoms with Crippen LogP contribution in [0.3, 0.4) is 0 Å². The summed E-state index contributed by atoms with van der Waals surface area (Å²) in [5, 5.41) is 11.3. The SMILES string of the molecule is COP(=O)(CC1(O)O[C@@H]([C@H]2COC(C)(C)O2)C[C@H]1O[Si](C)(C)C(C)(C)C)OC. The molecule has 166 valence electrons. The second kappa shape index (κ2) is 8.02. The van der Waals surface area contributed by atoms with Crippen molar-refractivity contribution < 1.29 is 37.4 Å². The summed E-state index contributed by atoms with van der Waals surface area (Å²) in [5.74, 6) is -2.52. The molecule has 0 aliphatic carbocycles. The van der Waals surface area contributed by atoms with E-state index in [1.54, 1.807) is 0 Å². The second-order valence-corrected chi connectivity index (χ2v) is 16.6. The topological polar surface area (TPSA) is 92.7 Å². The molecule has 28 heavy (non-hydrogen) atoms. The van der Waals surface area contributed by atoms with E-state index < -0.39 is 39.7 Å². The Morgan fingerprint density at radius 2 is 1.71 bits per heavy atom. The van der Waals surface area contributed by atoms with E-state index >= 15 is 0 Å². The van der Waals surface area contributed by atoms with Crippen molar-refractivity contribution in [3.63, 3.8) is 0 Å². The molecule has 0 radical (unpaired) electrons. The lowest BCUT2D eigenvalue weighted by atomic mass is 10.1. The van der Waals surface area contributed by atoms with E-state index in [1.807, 2.05) is 13.8 Å². The highest BCUT2D eigenvalue weighted by Gasteiger charge is 2.58. The Balaban J connectivity index is 2.28. The van der Waals surface area contributed by atoms with Gasteiger partial charge in [-0.15, -0.1) is 0 Å². The Labute approximate surface area is 169 Å². The van der Waals surface area contributed by atoms with Gasteiger partial charge in [-0.1, -0.05) is 20.8 Å². The average molecular weight is 441 g/mol. The first kappa shape index (κ1) is 24.4. The summed E-state index contributed by atoms with van der Waals surface area (Å²) in [6.45, 7) is 14.6. The molecule has 1 N–H and O–H groups in total. The first-order valence-corrected chi connectivity index (χ1v) is 14.3. The van der Waals surface area contributed by atoms with Crippen molar-refractivity contribution in [2.75, 3.05) is 27.0 Å². The third-order valence-corrected chi connectivity index (χ3v) is 12.4. The molecule has 0 spiro atoms. The highest BCUT2D eigenvalue weighted by atomic mass is 31.2. The quantitative estimate of drug-likeness (QED) is 0.475. The molecule has 4 atom stereocenters. The van der Waals surface area contributed by atoms with Gasteiger partial charge < -0.3 is 32.8 Å². The summed E-state index contributed by atoms with van der Waals surface area (Å²) in [6.07, 6.45) is -1.40. The Hall–Kier alpha value is 0.167. The van der Waals surface area contributed by atoms with Crippen molar-refractivity contribution in [1.82, 2.24) is 0 Å². The number of aliphatic hydroxyl groups is 1. The van der Waals surface area contributed by atoms with Crippen LogP contribution in [0.1, 0.15) is 41.0 Å². The Morgan fingerprint density at radius 1 is 1.14 bits per heavy atom. The fourth-order valence-corrected chi connectivity index (χ4v) is 5.79. The Bertz CT molecular complexity index is 597. The van der Waals surface area contributed by atoms with E-state index in [2.05, 4.69) is 33.9 Å². The minimum absolute atomic E-state index is 0.0623. The minimum Gasteiger partial charge on any atom is -0.408 e. The van der Waals surface area contributed by atoms with E-state index in [1.165, 1.54) is 14.2 Å². The fraction of sp³-hybridized carbons (Fsp3) is 1.00. The molecule has 2 fully saturated rings. The van der Waals surface area contributed by atoms with Crippen molar-refractivity contribution >= 4 is 15.9 Å². The molecule has 0 aromatic heterocycles. The van der Waals surface area contributed by atoms with E-state index in [9.17, 15) is 9.67 Å². The molecule has 2 aliphatic rings. The van der Waals surface area contributed by atoms with Crippen LogP contribution in [0.15, 0.2) is 0 Å². The van der Waals surface area contributed by atoms with Crippen LogP contribution in [0.25, 0.3) is 0 Å². The van der Waals surface area contributed by atoms with Crippen molar-refractivity contribution in [3.8, 4) is 0 Å². The molecule has 0 aromatic rings. The zero-order valence-electron chi connectivity index (χ0n) is 18.6. The zero-order valence-corrected chi connectivity index (χ0v) is 20.5.